The first-order chi connectivity index (χ1) is 9.73. The van der Waals surface area contributed by atoms with Crippen LogP contribution in [0, 0.1) is 6.92 Å². The van der Waals surface area contributed by atoms with Crippen LogP contribution >= 0.6 is 12.2 Å². The van der Waals surface area contributed by atoms with Gasteiger partial charge in [0.25, 0.3) is 0 Å². The number of rotatable bonds is 5. The quantitative estimate of drug-likeness (QED) is 0.800. The van der Waals surface area contributed by atoms with Crippen molar-refractivity contribution < 1.29 is 13.2 Å². The van der Waals surface area contributed by atoms with Gasteiger partial charge in [0.2, 0.25) is 10.0 Å². The Morgan fingerprint density at radius 3 is 2.81 bits per heavy atom. The molecule has 1 aliphatic rings. The van der Waals surface area contributed by atoms with Crippen LogP contribution < -0.4 is 10.5 Å². The lowest BCUT2D eigenvalue weighted by molar-refractivity contribution is 0.0250. The van der Waals surface area contributed by atoms with E-state index in [2.05, 4.69) is 4.72 Å². The van der Waals surface area contributed by atoms with E-state index in [-0.39, 0.29) is 16.4 Å². The van der Waals surface area contributed by atoms with Gasteiger partial charge >= 0.3 is 0 Å². The van der Waals surface area contributed by atoms with Gasteiger partial charge in [-0.25, -0.2) is 13.1 Å². The summed E-state index contributed by atoms with van der Waals surface area (Å²) in [5.41, 5.74) is 6.33. The first kappa shape index (κ1) is 16.4. The summed E-state index contributed by atoms with van der Waals surface area (Å²) in [4.78, 5) is 0.381. The molecular formula is C14H20N2O3S2. The standard InChI is InChI=1S/C14H20N2O3S2/c1-10-4-5-11(13(15)20)8-12(10)21(17,18)16-9-14(2)6-3-7-19-14/h4-5,8,16H,3,6-7,9H2,1-2H3,(H2,15,20). The summed E-state index contributed by atoms with van der Waals surface area (Å²) < 4.78 is 33.2. The molecule has 1 atom stereocenters. The first-order valence-corrected chi connectivity index (χ1v) is 8.67. The van der Waals surface area contributed by atoms with Gasteiger partial charge in [-0.15, -0.1) is 0 Å². The molecule has 1 aromatic rings. The van der Waals surface area contributed by atoms with Crippen LogP contribution in [0.25, 0.3) is 0 Å². The van der Waals surface area contributed by atoms with Crippen LogP contribution in [0.15, 0.2) is 23.1 Å². The summed E-state index contributed by atoms with van der Waals surface area (Å²) in [7, 11) is -3.62. The first-order valence-electron chi connectivity index (χ1n) is 6.78. The van der Waals surface area contributed by atoms with E-state index in [1.54, 1.807) is 19.1 Å². The maximum Gasteiger partial charge on any atom is 0.240 e. The molecule has 3 N–H and O–H groups in total. The Morgan fingerprint density at radius 1 is 1.52 bits per heavy atom. The largest absolute Gasteiger partial charge is 0.389 e. The number of sulfonamides is 1. The fourth-order valence-electron chi connectivity index (χ4n) is 2.34. The topological polar surface area (TPSA) is 81.4 Å². The van der Waals surface area contributed by atoms with Gasteiger partial charge in [0.05, 0.1) is 10.5 Å². The molecule has 116 valence electrons. The number of benzene rings is 1. The normalized spacial score (nSPS) is 22.4. The summed E-state index contributed by atoms with van der Waals surface area (Å²) in [5, 5.41) is 0. The molecule has 1 aromatic carbocycles. The number of hydrogen-bond acceptors (Lipinski definition) is 4. The van der Waals surface area contributed by atoms with Crippen molar-refractivity contribution in [2.45, 2.75) is 37.2 Å². The van der Waals surface area contributed by atoms with Crippen LogP contribution in [0.3, 0.4) is 0 Å². The molecule has 1 fully saturated rings. The lowest BCUT2D eigenvalue weighted by atomic mass is 10.0. The van der Waals surface area contributed by atoms with Gasteiger partial charge in [-0.3, -0.25) is 0 Å². The fraction of sp³-hybridized carbons (Fsp3) is 0.500. The minimum Gasteiger partial charge on any atom is -0.389 e. The van der Waals surface area contributed by atoms with E-state index in [1.165, 1.54) is 6.07 Å². The lowest BCUT2D eigenvalue weighted by Crippen LogP contribution is -2.40. The second kappa shape index (κ2) is 6.00. The molecule has 1 aliphatic heterocycles. The van der Waals surface area contributed by atoms with Gasteiger partial charge in [0.1, 0.15) is 4.99 Å². The summed E-state index contributed by atoms with van der Waals surface area (Å²) in [6, 6.07) is 4.94. The average molecular weight is 328 g/mol. The van der Waals surface area contributed by atoms with E-state index in [9.17, 15) is 8.42 Å². The van der Waals surface area contributed by atoms with E-state index in [4.69, 9.17) is 22.7 Å². The molecule has 0 spiro atoms. The smallest absolute Gasteiger partial charge is 0.240 e. The highest BCUT2D eigenvalue weighted by molar-refractivity contribution is 7.89. The third-order valence-electron chi connectivity index (χ3n) is 3.70. The molecule has 0 aromatic heterocycles. The Hall–Kier alpha value is -1.02. The van der Waals surface area contributed by atoms with E-state index in [0.717, 1.165) is 12.8 Å². The molecule has 7 heteroatoms. The number of ether oxygens (including phenoxy) is 1. The summed E-state index contributed by atoms with van der Waals surface area (Å²) in [5.74, 6) is 0. The van der Waals surface area contributed by atoms with Gasteiger partial charge < -0.3 is 10.5 Å². The summed E-state index contributed by atoms with van der Waals surface area (Å²) >= 11 is 4.90. The number of nitrogens with one attached hydrogen (secondary N) is 1. The van der Waals surface area contributed by atoms with Crippen molar-refractivity contribution in [3.05, 3.63) is 29.3 Å². The van der Waals surface area contributed by atoms with Crippen LogP contribution in [0.4, 0.5) is 0 Å². The van der Waals surface area contributed by atoms with E-state index in [0.29, 0.717) is 17.7 Å². The fourth-order valence-corrected chi connectivity index (χ4v) is 3.90. The van der Waals surface area contributed by atoms with Gasteiger partial charge in [-0.1, -0.05) is 24.4 Å². The molecule has 0 bridgehead atoms. The SMILES string of the molecule is Cc1ccc(C(N)=S)cc1S(=O)(=O)NCC1(C)CCCO1. The van der Waals surface area contributed by atoms with Gasteiger partial charge in [-0.2, -0.15) is 0 Å². The molecule has 1 saturated heterocycles. The molecule has 21 heavy (non-hydrogen) atoms. The van der Waals surface area contributed by atoms with Gasteiger partial charge in [0, 0.05) is 18.7 Å². The predicted octanol–water partition coefficient (Wildman–Crippen LogP) is 1.48. The van der Waals surface area contributed by atoms with Crippen LogP contribution in [-0.4, -0.2) is 32.2 Å². The second-order valence-electron chi connectivity index (χ2n) is 5.57. The Balaban J connectivity index is 2.23. The van der Waals surface area contributed by atoms with E-state index < -0.39 is 15.6 Å². The Labute approximate surface area is 130 Å². The Kier molecular flexibility index (Phi) is 4.67. The predicted molar refractivity (Wildman–Crippen MR) is 85.8 cm³/mol. The van der Waals surface area contributed by atoms with Crippen molar-refractivity contribution in [1.29, 1.82) is 0 Å². The Bertz CT molecular complexity index is 650. The van der Waals surface area contributed by atoms with Crippen molar-refractivity contribution in [2.75, 3.05) is 13.2 Å². The minimum absolute atomic E-state index is 0.178. The van der Waals surface area contributed by atoms with Crippen molar-refractivity contribution in [3.63, 3.8) is 0 Å². The zero-order valence-corrected chi connectivity index (χ0v) is 13.8. The minimum atomic E-state index is -3.62. The molecule has 1 unspecified atom stereocenters. The third kappa shape index (κ3) is 3.79. The number of aryl methyl sites for hydroxylation is 1. The summed E-state index contributed by atoms with van der Waals surface area (Å²) in [6.07, 6.45) is 1.80. The Morgan fingerprint density at radius 2 is 2.24 bits per heavy atom. The average Bonchev–Trinajstić information content (AvgIpc) is 2.84. The molecular weight excluding hydrogens is 308 g/mol. The highest BCUT2D eigenvalue weighted by Crippen LogP contribution is 2.25. The molecule has 5 nitrogen and oxygen atoms in total. The zero-order valence-electron chi connectivity index (χ0n) is 12.2. The van der Waals surface area contributed by atoms with Crippen molar-refractivity contribution in [2.24, 2.45) is 5.73 Å². The van der Waals surface area contributed by atoms with Gasteiger partial charge in [0.15, 0.2) is 0 Å². The molecule has 2 rings (SSSR count). The number of hydrogen-bond donors (Lipinski definition) is 2. The lowest BCUT2D eigenvalue weighted by Gasteiger charge is -2.23. The van der Waals surface area contributed by atoms with Crippen LogP contribution in [0.2, 0.25) is 0 Å². The molecule has 0 aliphatic carbocycles. The van der Waals surface area contributed by atoms with Crippen LogP contribution in [-0.2, 0) is 14.8 Å². The maximum absolute atomic E-state index is 12.5. The van der Waals surface area contributed by atoms with Crippen LogP contribution in [0.1, 0.15) is 30.9 Å². The van der Waals surface area contributed by atoms with Crippen molar-refractivity contribution in [3.8, 4) is 0 Å². The molecule has 0 radical (unpaired) electrons. The maximum atomic E-state index is 12.5. The van der Waals surface area contributed by atoms with Gasteiger partial charge in [-0.05, 0) is 38.3 Å². The molecule has 0 saturated carbocycles. The van der Waals surface area contributed by atoms with Crippen LogP contribution in [0.5, 0.6) is 0 Å². The number of thiocarbonyl (C=S) groups is 1. The monoisotopic (exact) mass is 328 g/mol. The molecule has 0 amide bonds. The second-order valence-corrected chi connectivity index (χ2v) is 7.75. The molecule has 1 heterocycles. The van der Waals surface area contributed by atoms with Crippen molar-refractivity contribution in [1.82, 2.24) is 4.72 Å². The van der Waals surface area contributed by atoms with E-state index >= 15 is 0 Å². The highest BCUT2D eigenvalue weighted by atomic mass is 32.2. The van der Waals surface area contributed by atoms with E-state index in [1.807, 2.05) is 6.92 Å². The highest BCUT2D eigenvalue weighted by Gasteiger charge is 2.31. The van der Waals surface area contributed by atoms with Crippen molar-refractivity contribution >= 4 is 27.2 Å². The number of nitrogens with two attached hydrogens (primary N) is 1. The zero-order chi connectivity index (χ0) is 15.7. The summed E-state index contributed by atoms with van der Waals surface area (Å²) in [6.45, 7) is 4.59. The third-order valence-corrected chi connectivity index (χ3v) is 5.48.